The third kappa shape index (κ3) is 2.91. The summed E-state index contributed by atoms with van der Waals surface area (Å²) in [6.45, 7) is 6.95. The van der Waals surface area contributed by atoms with Gasteiger partial charge in [0.15, 0.2) is 0 Å². The maximum absolute atomic E-state index is 6.09. The van der Waals surface area contributed by atoms with Gasteiger partial charge in [-0.25, -0.2) is 0 Å². The molecule has 19 heavy (non-hydrogen) atoms. The van der Waals surface area contributed by atoms with Crippen LogP contribution in [-0.4, -0.2) is 0 Å². The van der Waals surface area contributed by atoms with Gasteiger partial charge in [-0.3, -0.25) is 0 Å². The van der Waals surface area contributed by atoms with E-state index in [1.54, 1.807) is 0 Å². The van der Waals surface area contributed by atoms with E-state index >= 15 is 0 Å². The monoisotopic (exact) mass is 255 g/mol. The van der Waals surface area contributed by atoms with Gasteiger partial charge in [0.25, 0.3) is 0 Å². The molecule has 0 bridgehead atoms. The number of fused-ring (bicyclic) bond motifs is 1. The number of hydrogen-bond acceptors (Lipinski definition) is 1. The minimum Gasteiger partial charge on any atom is -0.398 e. The van der Waals surface area contributed by atoms with Crippen LogP contribution in [0.1, 0.15) is 52.0 Å². The van der Waals surface area contributed by atoms with Crippen molar-refractivity contribution in [2.24, 2.45) is 0 Å². The SMILES string of the molecule is CCCCCC(C)(C)c1ccc(N)c2ccccc12. The fourth-order valence-electron chi connectivity index (χ4n) is 2.86. The highest BCUT2D eigenvalue weighted by molar-refractivity contribution is 5.95. The second-order valence-corrected chi connectivity index (χ2v) is 6.09. The number of hydrogen-bond donors (Lipinski definition) is 1. The second-order valence-electron chi connectivity index (χ2n) is 6.09. The van der Waals surface area contributed by atoms with Crippen molar-refractivity contribution >= 4 is 16.5 Å². The van der Waals surface area contributed by atoms with Gasteiger partial charge in [-0.15, -0.1) is 0 Å². The molecule has 2 aromatic rings. The Labute approximate surface area is 116 Å². The van der Waals surface area contributed by atoms with E-state index in [4.69, 9.17) is 5.73 Å². The van der Waals surface area contributed by atoms with E-state index < -0.39 is 0 Å². The quantitative estimate of drug-likeness (QED) is 0.571. The first-order valence-electron chi connectivity index (χ1n) is 7.34. The Bertz CT molecular complexity index is 555. The van der Waals surface area contributed by atoms with Crippen molar-refractivity contribution in [3.63, 3.8) is 0 Å². The number of nitrogens with two attached hydrogens (primary N) is 1. The fourth-order valence-corrected chi connectivity index (χ4v) is 2.86. The third-order valence-corrected chi connectivity index (χ3v) is 4.09. The molecule has 0 saturated carbocycles. The van der Waals surface area contributed by atoms with E-state index in [1.165, 1.54) is 42.0 Å². The number of anilines is 1. The zero-order valence-electron chi connectivity index (χ0n) is 12.4. The van der Waals surface area contributed by atoms with Gasteiger partial charge in [-0.1, -0.05) is 70.4 Å². The molecule has 0 radical (unpaired) electrons. The van der Waals surface area contributed by atoms with Gasteiger partial charge in [-0.2, -0.15) is 0 Å². The van der Waals surface area contributed by atoms with Crippen LogP contribution in [0.5, 0.6) is 0 Å². The molecule has 102 valence electrons. The summed E-state index contributed by atoms with van der Waals surface area (Å²) >= 11 is 0. The standard InChI is InChI=1S/C18H25N/c1-4-5-8-13-18(2,3)16-11-12-17(19)15-10-7-6-9-14(15)16/h6-7,9-12H,4-5,8,13,19H2,1-3H3. The number of nitrogen functional groups attached to an aromatic ring is 1. The Hall–Kier alpha value is -1.50. The van der Waals surface area contributed by atoms with Crippen LogP contribution in [0.3, 0.4) is 0 Å². The summed E-state index contributed by atoms with van der Waals surface area (Å²) in [4.78, 5) is 0. The zero-order chi connectivity index (χ0) is 13.9. The van der Waals surface area contributed by atoms with Crippen LogP contribution in [0, 0.1) is 0 Å². The molecule has 0 aliphatic heterocycles. The van der Waals surface area contributed by atoms with E-state index in [0.717, 1.165) is 5.69 Å². The summed E-state index contributed by atoms with van der Waals surface area (Å²) < 4.78 is 0. The lowest BCUT2D eigenvalue weighted by atomic mass is 9.77. The molecule has 1 nitrogen and oxygen atoms in total. The second kappa shape index (κ2) is 5.64. The fraction of sp³-hybridized carbons (Fsp3) is 0.444. The van der Waals surface area contributed by atoms with Crippen LogP contribution in [0.4, 0.5) is 5.69 Å². The van der Waals surface area contributed by atoms with Gasteiger partial charge in [0.1, 0.15) is 0 Å². The molecule has 0 unspecified atom stereocenters. The summed E-state index contributed by atoms with van der Waals surface area (Å²) in [6, 6.07) is 12.8. The van der Waals surface area contributed by atoms with Gasteiger partial charge < -0.3 is 5.73 Å². The topological polar surface area (TPSA) is 26.0 Å². The lowest BCUT2D eigenvalue weighted by Crippen LogP contribution is -2.17. The van der Waals surface area contributed by atoms with Gasteiger partial charge >= 0.3 is 0 Å². The zero-order valence-corrected chi connectivity index (χ0v) is 12.4. The molecule has 0 fully saturated rings. The van der Waals surface area contributed by atoms with E-state index in [2.05, 4.69) is 57.2 Å². The highest BCUT2D eigenvalue weighted by atomic mass is 14.6. The van der Waals surface area contributed by atoms with Gasteiger partial charge in [-0.05, 0) is 28.9 Å². The average Bonchev–Trinajstić information content (AvgIpc) is 2.39. The average molecular weight is 255 g/mol. The van der Waals surface area contributed by atoms with Crippen LogP contribution >= 0.6 is 0 Å². The largest absolute Gasteiger partial charge is 0.398 e. The van der Waals surface area contributed by atoms with E-state index in [1.807, 2.05) is 0 Å². The molecule has 2 N–H and O–H groups in total. The van der Waals surface area contributed by atoms with Crippen molar-refractivity contribution in [2.45, 2.75) is 51.9 Å². The minimum atomic E-state index is 0.211. The Morgan fingerprint density at radius 2 is 1.63 bits per heavy atom. The first-order chi connectivity index (χ1) is 9.06. The molecule has 0 spiro atoms. The van der Waals surface area contributed by atoms with E-state index in [0.29, 0.717) is 0 Å². The van der Waals surface area contributed by atoms with Gasteiger partial charge in [0, 0.05) is 11.1 Å². The lowest BCUT2D eigenvalue weighted by molar-refractivity contribution is 0.453. The van der Waals surface area contributed by atoms with E-state index in [9.17, 15) is 0 Å². The van der Waals surface area contributed by atoms with Crippen molar-refractivity contribution in [3.8, 4) is 0 Å². The smallest absolute Gasteiger partial charge is 0.0393 e. The normalized spacial score (nSPS) is 11.9. The number of rotatable bonds is 5. The first-order valence-corrected chi connectivity index (χ1v) is 7.34. The first kappa shape index (κ1) is 13.9. The lowest BCUT2D eigenvalue weighted by Gasteiger charge is -2.27. The number of unbranched alkanes of at least 4 members (excludes halogenated alkanes) is 2. The molecule has 2 aromatic carbocycles. The van der Waals surface area contributed by atoms with Crippen LogP contribution in [0.25, 0.3) is 10.8 Å². The van der Waals surface area contributed by atoms with Crippen LogP contribution in [0.2, 0.25) is 0 Å². The predicted molar refractivity (Wildman–Crippen MR) is 85.5 cm³/mol. The van der Waals surface area contributed by atoms with Crippen molar-refractivity contribution in [1.29, 1.82) is 0 Å². The van der Waals surface area contributed by atoms with Crippen molar-refractivity contribution in [2.75, 3.05) is 5.73 Å². The Kier molecular flexibility index (Phi) is 4.14. The van der Waals surface area contributed by atoms with Crippen molar-refractivity contribution < 1.29 is 0 Å². The molecule has 1 heteroatoms. The van der Waals surface area contributed by atoms with Crippen LogP contribution in [-0.2, 0) is 5.41 Å². The summed E-state index contributed by atoms with van der Waals surface area (Å²) in [5, 5.41) is 2.49. The molecule has 0 amide bonds. The highest BCUT2D eigenvalue weighted by Crippen LogP contribution is 2.36. The molecule has 0 aromatic heterocycles. The van der Waals surface area contributed by atoms with Gasteiger partial charge in [0.2, 0.25) is 0 Å². The Morgan fingerprint density at radius 1 is 0.947 bits per heavy atom. The molecular weight excluding hydrogens is 230 g/mol. The highest BCUT2D eigenvalue weighted by Gasteiger charge is 2.22. The van der Waals surface area contributed by atoms with Crippen LogP contribution < -0.4 is 5.73 Å². The molecule has 0 heterocycles. The van der Waals surface area contributed by atoms with Crippen molar-refractivity contribution in [3.05, 3.63) is 42.0 Å². The summed E-state index contributed by atoms with van der Waals surface area (Å²) in [6.07, 6.45) is 5.12. The summed E-state index contributed by atoms with van der Waals surface area (Å²) in [7, 11) is 0. The molecular formula is C18H25N. The van der Waals surface area contributed by atoms with Crippen molar-refractivity contribution in [1.82, 2.24) is 0 Å². The summed E-state index contributed by atoms with van der Waals surface area (Å²) in [5.41, 5.74) is 8.60. The van der Waals surface area contributed by atoms with Gasteiger partial charge in [0.05, 0.1) is 0 Å². The van der Waals surface area contributed by atoms with E-state index in [-0.39, 0.29) is 5.41 Å². The molecule has 0 atom stereocenters. The molecule has 0 aliphatic rings. The maximum Gasteiger partial charge on any atom is 0.0393 e. The summed E-state index contributed by atoms with van der Waals surface area (Å²) in [5.74, 6) is 0. The minimum absolute atomic E-state index is 0.211. The molecule has 0 aliphatic carbocycles. The Balaban J connectivity index is 2.41. The van der Waals surface area contributed by atoms with Crippen LogP contribution in [0.15, 0.2) is 36.4 Å². The predicted octanol–water partition coefficient (Wildman–Crippen LogP) is 5.28. The molecule has 2 rings (SSSR count). The Morgan fingerprint density at radius 3 is 2.32 bits per heavy atom. The maximum atomic E-state index is 6.09. The molecule has 0 saturated heterocycles. The third-order valence-electron chi connectivity index (χ3n) is 4.09. The number of benzene rings is 2.